The molecule has 0 aromatic heterocycles. The summed E-state index contributed by atoms with van der Waals surface area (Å²) in [6.07, 6.45) is 0. The van der Waals surface area contributed by atoms with Crippen molar-refractivity contribution < 1.29 is 9.31 Å². The number of para-hydroxylation sites is 2. The second-order valence-electron chi connectivity index (χ2n) is 3.83. The van der Waals surface area contributed by atoms with Gasteiger partial charge in [0, 0.05) is 11.7 Å². The van der Waals surface area contributed by atoms with Gasteiger partial charge in [-0.15, -0.1) is 0 Å². The van der Waals surface area contributed by atoms with E-state index < -0.39 is 0 Å². The number of nitrogens with zero attached hydrogens (tertiary/aromatic N) is 1. The predicted octanol–water partition coefficient (Wildman–Crippen LogP) is 2.50. The molecule has 1 aliphatic rings. The lowest BCUT2D eigenvalue weighted by molar-refractivity contribution is 0.454. The number of benzene rings is 1. The molecule has 0 N–H and O–H groups in total. The van der Waals surface area contributed by atoms with Gasteiger partial charge in [0.05, 0.1) is 6.07 Å². The molecule has 0 bridgehead atoms. The zero-order valence-corrected chi connectivity index (χ0v) is 8.81. The Hall–Kier alpha value is -1.63. The van der Waals surface area contributed by atoms with E-state index in [1.807, 2.05) is 38.1 Å². The molecule has 1 heterocycles. The third-order valence-corrected chi connectivity index (χ3v) is 2.76. The van der Waals surface area contributed by atoms with Crippen LogP contribution in [0.15, 0.2) is 24.3 Å². The summed E-state index contributed by atoms with van der Waals surface area (Å²) in [6, 6.07) is 9.77. The number of hydrogen-bond donors (Lipinski definition) is 0. The van der Waals surface area contributed by atoms with Crippen LogP contribution >= 0.6 is 0 Å². The van der Waals surface area contributed by atoms with Crippen molar-refractivity contribution in [3.8, 4) is 17.6 Å². The predicted molar refractivity (Wildman–Crippen MR) is 57.7 cm³/mol. The van der Waals surface area contributed by atoms with Gasteiger partial charge >= 0.3 is 7.12 Å². The van der Waals surface area contributed by atoms with Crippen LogP contribution in [0.2, 0.25) is 5.82 Å². The van der Waals surface area contributed by atoms with E-state index in [0.29, 0.717) is 0 Å². The van der Waals surface area contributed by atoms with Gasteiger partial charge in [-0.25, -0.2) is 0 Å². The van der Waals surface area contributed by atoms with E-state index in [-0.39, 0.29) is 18.9 Å². The molecule has 15 heavy (non-hydrogen) atoms. The molecule has 0 saturated carbocycles. The first kappa shape index (κ1) is 9.91. The Kier molecular flexibility index (Phi) is 2.55. The van der Waals surface area contributed by atoms with Crippen molar-refractivity contribution in [3.05, 3.63) is 24.3 Å². The summed E-state index contributed by atoms with van der Waals surface area (Å²) < 4.78 is 11.2. The first-order chi connectivity index (χ1) is 7.22. The molecule has 0 amide bonds. The van der Waals surface area contributed by atoms with Crippen molar-refractivity contribution in [2.24, 2.45) is 5.92 Å². The van der Waals surface area contributed by atoms with Crippen LogP contribution < -0.4 is 9.31 Å². The maximum absolute atomic E-state index is 8.82. The average Bonchev–Trinajstić information content (AvgIpc) is 2.70. The highest BCUT2D eigenvalue weighted by Crippen LogP contribution is 2.37. The largest absolute Gasteiger partial charge is 0.599 e. The first-order valence-electron chi connectivity index (χ1n) is 5.04. The first-order valence-corrected chi connectivity index (χ1v) is 5.04. The number of hydrogen-bond acceptors (Lipinski definition) is 3. The fraction of sp³-hybridized carbons (Fsp3) is 0.364. The molecular weight excluding hydrogens is 189 g/mol. The van der Waals surface area contributed by atoms with Crippen molar-refractivity contribution in [2.75, 3.05) is 0 Å². The van der Waals surface area contributed by atoms with E-state index in [1.165, 1.54) is 0 Å². The van der Waals surface area contributed by atoms with E-state index >= 15 is 0 Å². The second-order valence-corrected chi connectivity index (χ2v) is 3.83. The monoisotopic (exact) mass is 201 g/mol. The Morgan fingerprint density at radius 2 is 1.73 bits per heavy atom. The molecule has 0 aliphatic carbocycles. The molecule has 3 nitrogen and oxygen atoms in total. The minimum atomic E-state index is -0.336. The minimum absolute atomic E-state index is 0.0578. The summed E-state index contributed by atoms with van der Waals surface area (Å²) >= 11 is 0. The number of fused-ring (bicyclic) bond motifs is 1. The van der Waals surface area contributed by atoms with Crippen LogP contribution in [0.25, 0.3) is 0 Å². The zero-order valence-electron chi connectivity index (χ0n) is 8.81. The van der Waals surface area contributed by atoms with E-state index in [2.05, 4.69) is 6.07 Å². The van der Waals surface area contributed by atoms with Crippen LogP contribution in [0.4, 0.5) is 0 Å². The highest BCUT2D eigenvalue weighted by molar-refractivity contribution is 6.49. The van der Waals surface area contributed by atoms with E-state index in [4.69, 9.17) is 14.6 Å². The molecule has 2 rings (SSSR count). The zero-order chi connectivity index (χ0) is 10.8. The van der Waals surface area contributed by atoms with E-state index in [0.717, 1.165) is 11.5 Å². The minimum Gasteiger partial charge on any atom is -0.523 e. The molecule has 4 heteroatoms. The van der Waals surface area contributed by atoms with Gasteiger partial charge in [0.2, 0.25) is 0 Å². The SMILES string of the molecule is CC(C#N)C(C)B1Oc2ccccc2O1. The topological polar surface area (TPSA) is 42.2 Å². The smallest absolute Gasteiger partial charge is 0.523 e. The van der Waals surface area contributed by atoms with Crippen LogP contribution in [0.1, 0.15) is 13.8 Å². The molecule has 1 aliphatic heterocycles. The Morgan fingerprint density at radius 3 is 2.20 bits per heavy atom. The Labute approximate surface area is 89.8 Å². The van der Waals surface area contributed by atoms with Crippen LogP contribution in [0.3, 0.4) is 0 Å². The summed E-state index contributed by atoms with van der Waals surface area (Å²) in [5.74, 6) is 1.51. The second kappa shape index (κ2) is 3.86. The van der Waals surface area contributed by atoms with Crippen molar-refractivity contribution in [1.29, 1.82) is 5.26 Å². The molecule has 76 valence electrons. The lowest BCUT2D eigenvalue weighted by Gasteiger charge is -2.14. The van der Waals surface area contributed by atoms with Gasteiger partial charge in [-0.05, 0) is 19.1 Å². The van der Waals surface area contributed by atoms with Gasteiger partial charge in [-0.2, -0.15) is 5.26 Å². The van der Waals surface area contributed by atoms with Crippen molar-refractivity contribution in [1.82, 2.24) is 0 Å². The normalized spacial score (nSPS) is 17.0. The van der Waals surface area contributed by atoms with Crippen molar-refractivity contribution >= 4 is 7.12 Å². The average molecular weight is 201 g/mol. The third kappa shape index (κ3) is 1.78. The lowest BCUT2D eigenvalue weighted by Crippen LogP contribution is -2.32. The van der Waals surface area contributed by atoms with Gasteiger partial charge in [0.25, 0.3) is 0 Å². The number of rotatable bonds is 2. The summed E-state index contributed by atoms with van der Waals surface area (Å²) in [6.45, 7) is 3.84. The summed E-state index contributed by atoms with van der Waals surface area (Å²) in [4.78, 5) is 0. The fourth-order valence-corrected chi connectivity index (χ4v) is 1.49. The summed E-state index contributed by atoms with van der Waals surface area (Å²) in [5, 5.41) is 8.82. The van der Waals surface area contributed by atoms with Crippen LogP contribution in [0.5, 0.6) is 11.5 Å². The highest BCUT2D eigenvalue weighted by atomic mass is 16.6. The molecule has 0 spiro atoms. The molecule has 2 unspecified atom stereocenters. The van der Waals surface area contributed by atoms with Gasteiger partial charge in [0.1, 0.15) is 11.5 Å². The Morgan fingerprint density at radius 1 is 1.20 bits per heavy atom. The molecule has 1 aromatic carbocycles. The molecule has 0 radical (unpaired) electrons. The molecule has 0 fully saturated rings. The van der Waals surface area contributed by atoms with E-state index in [1.54, 1.807) is 0 Å². The Balaban J connectivity index is 2.11. The number of nitriles is 1. The van der Waals surface area contributed by atoms with Crippen LogP contribution in [0, 0.1) is 17.2 Å². The fourth-order valence-electron chi connectivity index (χ4n) is 1.49. The molecule has 1 aromatic rings. The van der Waals surface area contributed by atoms with Gasteiger partial charge < -0.3 is 9.31 Å². The third-order valence-electron chi connectivity index (χ3n) is 2.76. The molecular formula is C11H12BNO2. The highest BCUT2D eigenvalue weighted by Gasteiger charge is 2.40. The van der Waals surface area contributed by atoms with Gasteiger partial charge in [0.15, 0.2) is 0 Å². The summed E-state index contributed by atoms with van der Waals surface area (Å²) in [5.41, 5.74) is 0. The van der Waals surface area contributed by atoms with E-state index in [9.17, 15) is 0 Å². The van der Waals surface area contributed by atoms with Crippen molar-refractivity contribution in [2.45, 2.75) is 19.7 Å². The van der Waals surface area contributed by atoms with Crippen LogP contribution in [-0.2, 0) is 0 Å². The van der Waals surface area contributed by atoms with Gasteiger partial charge in [-0.1, -0.05) is 19.1 Å². The molecule has 0 saturated heterocycles. The molecule has 2 atom stereocenters. The maximum Gasteiger partial charge on any atom is 0.599 e. The Bertz CT molecular complexity index is 377. The maximum atomic E-state index is 8.82. The summed E-state index contributed by atoms with van der Waals surface area (Å²) in [7, 11) is -0.336. The lowest BCUT2D eigenvalue weighted by atomic mass is 9.67. The van der Waals surface area contributed by atoms with Gasteiger partial charge in [-0.3, -0.25) is 0 Å². The van der Waals surface area contributed by atoms with Crippen LogP contribution in [-0.4, -0.2) is 7.12 Å². The van der Waals surface area contributed by atoms with Crippen molar-refractivity contribution in [3.63, 3.8) is 0 Å². The standard InChI is InChI=1S/C11H12BNO2/c1-8(7-13)9(2)12-14-10-5-3-4-6-11(10)15-12/h3-6,8-9H,1-2H3. The quantitative estimate of drug-likeness (QED) is 0.690.